The van der Waals surface area contributed by atoms with Gasteiger partial charge in [-0.2, -0.15) is 6.07 Å². The minimum Gasteiger partial charge on any atom is -0.510 e. The topological polar surface area (TPSA) is 42.7 Å². The zero-order valence-electron chi connectivity index (χ0n) is 35.1. The Hall–Kier alpha value is -4.99. The van der Waals surface area contributed by atoms with Gasteiger partial charge in [0.15, 0.2) is 0 Å². The molecule has 0 amide bonds. The molecule has 4 heterocycles. The summed E-state index contributed by atoms with van der Waals surface area (Å²) in [4.78, 5) is 12.7. The maximum Gasteiger partial charge on any atom is 2.00 e. The Morgan fingerprint density at radius 3 is 2.29 bits per heavy atom. The second-order valence-electron chi connectivity index (χ2n) is 19.0. The molecule has 0 unspecified atom stereocenters. The Balaban J connectivity index is 0.00000436. The summed E-state index contributed by atoms with van der Waals surface area (Å²) >= 11 is 0. The van der Waals surface area contributed by atoms with Gasteiger partial charge in [0.1, 0.15) is 17.8 Å². The molecule has 294 valence electrons. The monoisotopic (exact) mass is 941 g/mol. The van der Waals surface area contributed by atoms with Gasteiger partial charge in [-0.25, -0.2) is 4.98 Å². The number of aryl methyl sites for hydroxylation is 2. The van der Waals surface area contributed by atoms with Crippen LogP contribution in [0, 0.1) is 26.0 Å². The van der Waals surface area contributed by atoms with Gasteiger partial charge < -0.3 is 14.2 Å². The van der Waals surface area contributed by atoms with Crippen molar-refractivity contribution in [1.29, 1.82) is 0 Å². The van der Waals surface area contributed by atoms with Crippen LogP contribution in [-0.2, 0) is 48.5 Å². The summed E-state index contributed by atoms with van der Waals surface area (Å²) in [5, 5.41) is 2.36. The van der Waals surface area contributed by atoms with E-state index in [2.05, 4.69) is 182 Å². The predicted molar refractivity (Wildman–Crippen MR) is 234 cm³/mol. The number of pyridine rings is 1. The van der Waals surface area contributed by atoms with Crippen molar-refractivity contribution in [2.45, 2.75) is 104 Å². The zero-order chi connectivity index (χ0) is 39.8. The molecule has 7 aromatic rings. The molecule has 0 bridgehead atoms. The standard InChI is InChI=1S/C52H50N4O.Pt/c1-30-24-31(2)44(28-35(30)49-54-41-27-36-34(48(41)57-49)17-15-19-38(36)51(6,7)8)55-43-21-14-12-18-39(43)52(9,10)40-26-37-33-16-11-13-20-42(33)56(45(37)29-46(40)55)47-25-32(22-23-53-47)50(3,4)5;/h11-26,41,48H,27H2,1-10H3;/q-2;+2/t41-,48+;/m1./s1. The van der Waals surface area contributed by atoms with Gasteiger partial charge in [0.25, 0.3) is 0 Å². The fourth-order valence-corrected chi connectivity index (χ4v) is 9.76. The van der Waals surface area contributed by atoms with E-state index in [4.69, 9.17) is 14.7 Å². The van der Waals surface area contributed by atoms with Crippen molar-refractivity contribution >= 4 is 44.8 Å². The number of benzene rings is 5. The van der Waals surface area contributed by atoms with Crippen LogP contribution < -0.4 is 4.90 Å². The van der Waals surface area contributed by atoms with E-state index in [0.29, 0.717) is 5.90 Å². The number of anilines is 3. The van der Waals surface area contributed by atoms with Crippen LogP contribution >= 0.6 is 0 Å². The van der Waals surface area contributed by atoms with Gasteiger partial charge in [0.2, 0.25) is 0 Å². The van der Waals surface area contributed by atoms with Gasteiger partial charge in [-0.05, 0) is 85.8 Å². The van der Waals surface area contributed by atoms with Crippen LogP contribution in [0.3, 0.4) is 0 Å². The molecule has 5 nitrogen and oxygen atoms in total. The summed E-state index contributed by atoms with van der Waals surface area (Å²) in [5.74, 6) is 1.58. The van der Waals surface area contributed by atoms with E-state index in [1.807, 2.05) is 6.20 Å². The summed E-state index contributed by atoms with van der Waals surface area (Å²) in [5.41, 5.74) is 15.9. The molecule has 0 N–H and O–H groups in total. The van der Waals surface area contributed by atoms with Crippen LogP contribution in [0.2, 0.25) is 0 Å². The van der Waals surface area contributed by atoms with Crippen LogP contribution in [-0.4, -0.2) is 21.5 Å². The van der Waals surface area contributed by atoms with E-state index in [-0.39, 0.29) is 49.5 Å². The second-order valence-corrected chi connectivity index (χ2v) is 19.0. The van der Waals surface area contributed by atoms with Crippen molar-refractivity contribution in [3.63, 3.8) is 0 Å². The first-order valence-corrected chi connectivity index (χ1v) is 20.4. The molecule has 1 aliphatic carbocycles. The van der Waals surface area contributed by atoms with Crippen LogP contribution in [0.1, 0.15) is 112 Å². The summed E-state index contributed by atoms with van der Waals surface area (Å²) in [6, 6.07) is 41.3. The molecule has 0 spiro atoms. The fraction of sp³-hybridized carbons (Fsp3) is 0.308. The van der Waals surface area contributed by atoms with Crippen LogP contribution in [0.25, 0.3) is 27.6 Å². The average Bonchev–Trinajstić information content (AvgIpc) is 3.84. The number of rotatable bonds is 3. The van der Waals surface area contributed by atoms with Crippen molar-refractivity contribution < 1.29 is 25.8 Å². The molecule has 10 rings (SSSR count). The van der Waals surface area contributed by atoms with Crippen LogP contribution in [0.4, 0.5) is 17.1 Å². The van der Waals surface area contributed by atoms with Gasteiger partial charge in [0, 0.05) is 17.4 Å². The first-order valence-electron chi connectivity index (χ1n) is 20.4. The number of nitrogens with zero attached hydrogens (tertiary/aromatic N) is 4. The second kappa shape index (κ2) is 13.3. The average molecular weight is 942 g/mol. The third-order valence-corrected chi connectivity index (χ3v) is 12.7. The molecule has 2 aliphatic heterocycles. The molecule has 0 saturated carbocycles. The normalized spacial score (nSPS) is 18.0. The maximum atomic E-state index is 6.87. The van der Waals surface area contributed by atoms with Crippen molar-refractivity contribution in [3.8, 4) is 5.82 Å². The van der Waals surface area contributed by atoms with Crippen molar-refractivity contribution in [2.75, 3.05) is 4.90 Å². The molecular formula is C52H50N4OPt. The summed E-state index contributed by atoms with van der Waals surface area (Å²) in [7, 11) is 0. The molecule has 2 atom stereocenters. The van der Waals surface area contributed by atoms with Crippen molar-refractivity contribution in [3.05, 3.63) is 159 Å². The third-order valence-electron chi connectivity index (χ3n) is 12.7. The smallest absolute Gasteiger partial charge is 0.510 e. The SMILES string of the molecule is Cc1cc(C)c(N2c3[c-]c4c(cc3C(C)(C)c3ccccc32)c2ccccc2n4-c2cc(C(C)(C)C)ccn2)[c-]c1C1=N[C@@H]2Cc3c(cccc3C(C)(C)C)[C@@H]2O1.[Pt+2]. The van der Waals surface area contributed by atoms with Crippen LogP contribution in [0.5, 0.6) is 0 Å². The molecule has 0 fully saturated rings. The zero-order valence-corrected chi connectivity index (χ0v) is 37.4. The number of aromatic nitrogens is 2. The largest absolute Gasteiger partial charge is 2.00 e. The molecule has 58 heavy (non-hydrogen) atoms. The fourth-order valence-electron chi connectivity index (χ4n) is 9.76. The van der Waals surface area contributed by atoms with E-state index in [9.17, 15) is 0 Å². The third kappa shape index (κ3) is 5.75. The number of fused-ring (bicyclic) bond motifs is 8. The molecule has 0 saturated heterocycles. The molecule has 0 radical (unpaired) electrons. The van der Waals surface area contributed by atoms with Crippen LogP contribution in [0.15, 0.2) is 102 Å². The van der Waals surface area contributed by atoms with E-state index in [1.165, 1.54) is 44.2 Å². The number of hydrogen-bond acceptors (Lipinski definition) is 4. The molecule has 3 aliphatic rings. The Labute approximate surface area is 357 Å². The summed E-state index contributed by atoms with van der Waals surface area (Å²) < 4.78 is 9.17. The molecular weight excluding hydrogens is 892 g/mol. The first-order chi connectivity index (χ1) is 27.1. The Kier molecular flexibility index (Phi) is 8.81. The minimum absolute atomic E-state index is 0. The Bertz CT molecular complexity index is 2850. The quantitative estimate of drug-likeness (QED) is 0.166. The van der Waals surface area contributed by atoms with Gasteiger partial charge in [0.05, 0.1) is 6.04 Å². The summed E-state index contributed by atoms with van der Waals surface area (Å²) in [6.45, 7) is 22.7. The number of para-hydroxylation sites is 2. The van der Waals surface area contributed by atoms with Gasteiger partial charge in [-0.15, -0.1) is 40.3 Å². The first kappa shape index (κ1) is 38.5. The Morgan fingerprint density at radius 1 is 0.759 bits per heavy atom. The minimum atomic E-state index is -0.294. The number of ether oxygens (including phenoxy) is 1. The van der Waals surface area contributed by atoms with Gasteiger partial charge in [-0.1, -0.05) is 141 Å². The van der Waals surface area contributed by atoms with Gasteiger partial charge in [-0.3, -0.25) is 4.99 Å². The van der Waals surface area contributed by atoms with Gasteiger partial charge >= 0.3 is 21.1 Å². The maximum absolute atomic E-state index is 6.87. The molecule has 5 aromatic carbocycles. The van der Waals surface area contributed by atoms with Crippen molar-refractivity contribution in [2.24, 2.45) is 4.99 Å². The number of hydrogen-bond donors (Lipinski definition) is 0. The van der Waals surface area contributed by atoms with Crippen molar-refractivity contribution in [1.82, 2.24) is 9.55 Å². The Morgan fingerprint density at radius 2 is 1.52 bits per heavy atom. The molecule has 2 aromatic heterocycles. The number of aliphatic imine (C=N–C) groups is 1. The summed E-state index contributed by atoms with van der Waals surface area (Å²) in [6.07, 6.45) is 2.75. The van der Waals surface area contributed by atoms with E-state index in [0.717, 1.165) is 57.0 Å². The molecule has 6 heteroatoms. The van der Waals surface area contributed by atoms with E-state index >= 15 is 0 Å². The predicted octanol–water partition coefficient (Wildman–Crippen LogP) is 12.5. The van der Waals surface area contributed by atoms with E-state index < -0.39 is 0 Å². The van der Waals surface area contributed by atoms with E-state index in [1.54, 1.807) is 0 Å².